The fourth-order valence-electron chi connectivity index (χ4n) is 2.23. The van der Waals surface area contributed by atoms with Crippen LogP contribution in [0.15, 0.2) is 6.33 Å². The van der Waals surface area contributed by atoms with Crippen LogP contribution in [-0.4, -0.2) is 29.6 Å². The van der Waals surface area contributed by atoms with Gasteiger partial charge in [0, 0.05) is 25.2 Å². The van der Waals surface area contributed by atoms with E-state index in [0.29, 0.717) is 6.04 Å². The van der Waals surface area contributed by atoms with Crippen LogP contribution < -0.4 is 10.2 Å². The minimum Gasteiger partial charge on any atom is -0.373 e. The fourth-order valence-corrected chi connectivity index (χ4v) is 2.23. The Morgan fingerprint density at radius 2 is 2.27 bits per heavy atom. The third kappa shape index (κ3) is 1.76. The number of nitrogens with one attached hydrogen (secondary N) is 1. The van der Waals surface area contributed by atoms with Crippen LogP contribution in [0.2, 0.25) is 0 Å². The SMILES string of the molecule is CNc1ncnc(N2CCCC2C)c1C. The molecule has 0 bridgehead atoms. The summed E-state index contributed by atoms with van der Waals surface area (Å²) in [6.45, 7) is 5.45. The lowest BCUT2D eigenvalue weighted by molar-refractivity contribution is 0.724. The molecule has 0 aliphatic carbocycles. The summed E-state index contributed by atoms with van der Waals surface area (Å²) in [5, 5.41) is 3.10. The third-order valence-electron chi connectivity index (χ3n) is 3.12. The Bertz CT molecular complexity index is 350. The molecule has 2 rings (SSSR count). The van der Waals surface area contributed by atoms with Crippen LogP contribution in [0.5, 0.6) is 0 Å². The minimum absolute atomic E-state index is 0.600. The summed E-state index contributed by atoms with van der Waals surface area (Å²) in [4.78, 5) is 11.0. The average Bonchev–Trinajstić information content (AvgIpc) is 2.65. The van der Waals surface area contributed by atoms with Gasteiger partial charge in [0.15, 0.2) is 0 Å². The third-order valence-corrected chi connectivity index (χ3v) is 3.12. The first-order valence-corrected chi connectivity index (χ1v) is 5.50. The highest BCUT2D eigenvalue weighted by Crippen LogP contribution is 2.28. The van der Waals surface area contributed by atoms with Crippen molar-refractivity contribution in [2.45, 2.75) is 32.7 Å². The van der Waals surface area contributed by atoms with Gasteiger partial charge < -0.3 is 10.2 Å². The van der Waals surface area contributed by atoms with Crippen molar-refractivity contribution in [2.24, 2.45) is 0 Å². The normalized spacial score (nSPS) is 20.7. The van der Waals surface area contributed by atoms with Crippen LogP contribution in [0.1, 0.15) is 25.3 Å². The predicted molar refractivity (Wildman–Crippen MR) is 62.4 cm³/mol. The second kappa shape index (κ2) is 4.04. The zero-order valence-electron chi connectivity index (χ0n) is 9.62. The Hall–Kier alpha value is -1.32. The molecule has 1 atom stereocenters. The minimum atomic E-state index is 0.600. The predicted octanol–water partition coefficient (Wildman–Crippen LogP) is 1.82. The maximum absolute atomic E-state index is 4.39. The van der Waals surface area contributed by atoms with Gasteiger partial charge in [-0.2, -0.15) is 0 Å². The average molecular weight is 206 g/mol. The molecule has 4 nitrogen and oxygen atoms in total. The van der Waals surface area contributed by atoms with Crippen molar-refractivity contribution in [3.8, 4) is 0 Å². The second-order valence-corrected chi connectivity index (χ2v) is 4.11. The maximum Gasteiger partial charge on any atom is 0.137 e. The summed E-state index contributed by atoms with van der Waals surface area (Å²) < 4.78 is 0. The Morgan fingerprint density at radius 1 is 1.47 bits per heavy atom. The van der Waals surface area contributed by atoms with Crippen LogP contribution in [0.4, 0.5) is 11.6 Å². The van der Waals surface area contributed by atoms with Crippen LogP contribution in [0.25, 0.3) is 0 Å². The van der Waals surface area contributed by atoms with Gasteiger partial charge in [-0.05, 0) is 26.7 Å². The number of nitrogens with zero attached hydrogens (tertiary/aromatic N) is 3. The van der Waals surface area contributed by atoms with Gasteiger partial charge in [-0.25, -0.2) is 9.97 Å². The van der Waals surface area contributed by atoms with Crippen molar-refractivity contribution in [1.82, 2.24) is 9.97 Å². The van der Waals surface area contributed by atoms with Gasteiger partial charge in [0.2, 0.25) is 0 Å². The van der Waals surface area contributed by atoms with Crippen molar-refractivity contribution < 1.29 is 0 Å². The van der Waals surface area contributed by atoms with Gasteiger partial charge >= 0.3 is 0 Å². The molecular weight excluding hydrogens is 188 g/mol. The van der Waals surface area contributed by atoms with Crippen molar-refractivity contribution in [1.29, 1.82) is 0 Å². The summed E-state index contributed by atoms with van der Waals surface area (Å²) in [5.74, 6) is 2.01. The largest absolute Gasteiger partial charge is 0.373 e. The van der Waals surface area contributed by atoms with Crippen molar-refractivity contribution in [3.05, 3.63) is 11.9 Å². The topological polar surface area (TPSA) is 41.1 Å². The van der Waals surface area contributed by atoms with E-state index in [1.165, 1.54) is 12.8 Å². The molecular formula is C11H18N4. The summed E-state index contributed by atoms with van der Waals surface area (Å²) in [5.41, 5.74) is 1.15. The highest BCUT2D eigenvalue weighted by atomic mass is 15.2. The fraction of sp³-hybridized carbons (Fsp3) is 0.636. The van der Waals surface area contributed by atoms with E-state index >= 15 is 0 Å². The molecule has 15 heavy (non-hydrogen) atoms. The molecule has 0 saturated carbocycles. The van der Waals surface area contributed by atoms with E-state index in [4.69, 9.17) is 0 Å². The van der Waals surface area contributed by atoms with E-state index in [1.54, 1.807) is 6.33 Å². The lowest BCUT2D eigenvalue weighted by atomic mass is 10.2. The molecule has 0 amide bonds. The van der Waals surface area contributed by atoms with E-state index in [0.717, 1.165) is 23.7 Å². The van der Waals surface area contributed by atoms with Gasteiger partial charge in [-0.1, -0.05) is 0 Å². The molecule has 82 valence electrons. The number of hydrogen-bond acceptors (Lipinski definition) is 4. The summed E-state index contributed by atoms with van der Waals surface area (Å²) in [7, 11) is 1.90. The molecule has 0 aromatic carbocycles. The Labute approximate surface area is 90.7 Å². The quantitative estimate of drug-likeness (QED) is 0.801. The van der Waals surface area contributed by atoms with Gasteiger partial charge in [0.05, 0.1) is 0 Å². The molecule has 1 aliphatic rings. The molecule has 2 heterocycles. The number of hydrogen-bond donors (Lipinski definition) is 1. The van der Waals surface area contributed by atoms with E-state index in [-0.39, 0.29) is 0 Å². The monoisotopic (exact) mass is 206 g/mol. The van der Waals surface area contributed by atoms with Crippen molar-refractivity contribution in [2.75, 3.05) is 23.8 Å². The zero-order valence-corrected chi connectivity index (χ0v) is 9.62. The number of rotatable bonds is 2. The summed E-state index contributed by atoms with van der Waals surface area (Å²) >= 11 is 0. The molecule has 0 spiro atoms. The highest BCUT2D eigenvalue weighted by Gasteiger charge is 2.23. The molecule has 0 radical (unpaired) electrons. The smallest absolute Gasteiger partial charge is 0.137 e. The van der Waals surface area contributed by atoms with Gasteiger partial charge in [0.25, 0.3) is 0 Å². The van der Waals surface area contributed by atoms with Crippen molar-refractivity contribution in [3.63, 3.8) is 0 Å². The number of aromatic nitrogens is 2. The maximum atomic E-state index is 4.39. The number of anilines is 2. The molecule has 4 heteroatoms. The van der Waals surface area contributed by atoms with Gasteiger partial charge in [0.1, 0.15) is 18.0 Å². The first-order valence-electron chi connectivity index (χ1n) is 5.50. The summed E-state index contributed by atoms with van der Waals surface area (Å²) in [6.07, 6.45) is 4.16. The van der Waals surface area contributed by atoms with Crippen LogP contribution in [-0.2, 0) is 0 Å². The molecule has 1 unspecified atom stereocenters. The van der Waals surface area contributed by atoms with Crippen LogP contribution in [0.3, 0.4) is 0 Å². The molecule has 1 N–H and O–H groups in total. The van der Waals surface area contributed by atoms with Crippen LogP contribution >= 0.6 is 0 Å². The Balaban J connectivity index is 2.35. The molecule has 1 fully saturated rings. The molecule has 1 aromatic rings. The first-order chi connectivity index (χ1) is 7.24. The van der Waals surface area contributed by atoms with Crippen LogP contribution in [0, 0.1) is 6.92 Å². The Morgan fingerprint density at radius 3 is 2.87 bits per heavy atom. The molecule has 1 aromatic heterocycles. The molecule has 1 saturated heterocycles. The van der Waals surface area contributed by atoms with E-state index in [1.807, 2.05) is 7.05 Å². The van der Waals surface area contributed by atoms with E-state index in [9.17, 15) is 0 Å². The van der Waals surface area contributed by atoms with Gasteiger partial charge in [-0.3, -0.25) is 0 Å². The van der Waals surface area contributed by atoms with E-state index < -0.39 is 0 Å². The Kier molecular flexibility index (Phi) is 2.75. The molecule has 1 aliphatic heterocycles. The zero-order chi connectivity index (χ0) is 10.8. The summed E-state index contributed by atoms with van der Waals surface area (Å²) in [6, 6.07) is 0.600. The van der Waals surface area contributed by atoms with Crippen molar-refractivity contribution >= 4 is 11.6 Å². The standard InChI is InChI=1S/C11H18N4/c1-8-5-4-6-15(8)11-9(2)10(12-3)13-7-14-11/h7-8H,4-6H2,1-3H3,(H,12,13,14). The lowest BCUT2D eigenvalue weighted by Crippen LogP contribution is -2.28. The second-order valence-electron chi connectivity index (χ2n) is 4.11. The van der Waals surface area contributed by atoms with E-state index in [2.05, 4.69) is 34.0 Å². The highest BCUT2D eigenvalue weighted by molar-refractivity contribution is 5.58. The first kappa shape index (κ1) is 10.2. The van der Waals surface area contributed by atoms with Gasteiger partial charge in [-0.15, -0.1) is 0 Å². The lowest BCUT2D eigenvalue weighted by Gasteiger charge is -2.24.